The van der Waals surface area contributed by atoms with Crippen molar-refractivity contribution in [2.24, 2.45) is 0 Å². The number of amides is 1. The Morgan fingerprint density at radius 3 is 1.75 bits per heavy atom. The van der Waals surface area contributed by atoms with Crippen molar-refractivity contribution in [3.8, 4) is 5.75 Å². The Hall–Kier alpha value is -3.56. The van der Waals surface area contributed by atoms with Gasteiger partial charge in [0.05, 0.1) is 6.61 Å². The topological polar surface area (TPSA) is 29.5 Å². The van der Waals surface area contributed by atoms with E-state index in [-0.39, 0.29) is 11.8 Å². The first-order valence-electron chi connectivity index (χ1n) is 12.4. The molecule has 3 nitrogen and oxygen atoms in total. The summed E-state index contributed by atoms with van der Waals surface area (Å²) >= 11 is 6.72. The van der Waals surface area contributed by atoms with E-state index in [1.807, 2.05) is 78.6 Å². The van der Waals surface area contributed by atoms with Crippen molar-refractivity contribution >= 4 is 17.5 Å². The van der Waals surface area contributed by atoms with Crippen molar-refractivity contribution in [2.45, 2.75) is 31.2 Å². The van der Waals surface area contributed by atoms with Crippen molar-refractivity contribution in [3.63, 3.8) is 0 Å². The van der Waals surface area contributed by atoms with Crippen LogP contribution >= 0.6 is 11.6 Å². The van der Waals surface area contributed by atoms with Crippen molar-refractivity contribution in [3.05, 3.63) is 138 Å². The van der Waals surface area contributed by atoms with Crippen molar-refractivity contribution in [1.29, 1.82) is 0 Å². The lowest BCUT2D eigenvalue weighted by Gasteiger charge is -2.28. The molecule has 184 valence electrons. The average molecular weight is 498 g/mol. The number of halogens is 1. The Bertz CT molecular complexity index is 1160. The predicted molar refractivity (Wildman–Crippen MR) is 147 cm³/mol. The van der Waals surface area contributed by atoms with Gasteiger partial charge in [0.25, 0.3) is 0 Å². The molecule has 36 heavy (non-hydrogen) atoms. The molecule has 0 radical (unpaired) electrons. The summed E-state index contributed by atoms with van der Waals surface area (Å²) in [5.74, 6) is 0.914. The highest BCUT2D eigenvalue weighted by molar-refractivity contribution is 6.30. The maximum Gasteiger partial charge on any atom is 0.245 e. The van der Waals surface area contributed by atoms with Gasteiger partial charge < -0.3 is 9.64 Å². The summed E-state index contributed by atoms with van der Waals surface area (Å²) in [6.45, 7) is 3.65. The van der Waals surface area contributed by atoms with Crippen LogP contribution in [-0.4, -0.2) is 24.0 Å². The van der Waals surface area contributed by atoms with Gasteiger partial charge in [-0.05, 0) is 47.7 Å². The zero-order valence-corrected chi connectivity index (χ0v) is 21.4. The van der Waals surface area contributed by atoms with E-state index in [0.717, 1.165) is 23.3 Å². The largest absolute Gasteiger partial charge is 0.494 e. The number of alkyl halides is 1. The molecule has 4 heteroatoms. The summed E-state index contributed by atoms with van der Waals surface area (Å²) in [5.41, 5.74) is 4.33. The van der Waals surface area contributed by atoms with E-state index in [1.165, 1.54) is 11.1 Å². The Balaban J connectivity index is 1.58. The standard InChI is InChI=1S/C32H32ClNO2/c1-2-36-29-20-18-25(19-21-29)24-34(32(35)31(33)28-16-10-5-11-17-28)23-22-30(26-12-6-3-7-13-26)27-14-8-4-9-15-27/h3-21,30-31H,2,22-24H2,1H3. The second-order valence-corrected chi connectivity index (χ2v) is 9.21. The maximum absolute atomic E-state index is 13.7. The van der Waals surface area contributed by atoms with E-state index in [2.05, 4.69) is 48.5 Å². The Kier molecular flexibility index (Phi) is 9.18. The first-order valence-corrected chi connectivity index (χ1v) is 12.9. The minimum atomic E-state index is -0.735. The smallest absolute Gasteiger partial charge is 0.245 e. The number of ether oxygens (including phenoxy) is 1. The summed E-state index contributed by atoms with van der Waals surface area (Å²) in [6, 6.07) is 38.5. The number of nitrogens with zero attached hydrogens (tertiary/aromatic N) is 1. The average Bonchev–Trinajstić information content (AvgIpc) is 2.94. The quantitative estimate of drug-likeness (QED) is 0.199. The normalized spacial score (nSPS) is 11.8. The molecule has 0 N–H and O–H groups in total. The molecule has 4 aromatic carbocycles. The number of carbonyl (C=O) groups is 1. The van der Waals surface area contributed by atoms with Crippen LogP contribution in [0.5, 0.6) is 5.75 Å². The molecule has 1 atom stereocenters. The van der Waals surface area contributed by atoms with Gasteiger partial charge >= 0.3 is 0 Å². The van der Waals surface area contributed by atoms with Gasteiger partial charge in [-0.15, -0.1) is 11.6 Å². The molecule has 0 fully saturated rings. The van der Waals surface area contributed by atoms with E-state index >= 15 is 0 Å². The number of benzene rings is 4. The van der Waals surface area contributed by atoms with Gasteiger partial charge in [0.1, 0.15) is 11.1 Å². The molecule has 0 aliphatic heterocycles. The number of rotatable bonds is 11. The van der Waals surface area contributed by atoms with Gasteiger partial charge in [0.2, 0.25) is 5.91 Å². The molecular weight excluding hydrogens is 466 g/mol. The van der Waals surface area contributed by atoms with Gasteiger partial charge in [-0.3, -0.25) is 4.79 Å². The second kappa shape index (κ2) is 12.9. The van der Waals surface area contributed by atoms with Crippen molar-refractivity contribution in [1.82, 2.24) is 4.90 Å². The molecule has 0 saturated carbocycles. The molecular formula is C32H32ClNO2. The van der Waals surface area contributed by atoms with Gasteiger partial charge in [-0.1, -0.05) is 103 Å². The monoisotopic (exact) mass is 497 g/mol. The second-order valence-electron chi connectivity index (χ2n) is 8.77. The fourth-order valence-corrected chi connectivity index (χ4v) is 4.74. The van der Waals surface area contributed by atoms with Crippen molar-refractivity contribution < 1.29 is 9.53 Å². The first-order chi connectivity index (χ1) is 17.7. The lowest BCUT2D eigenvalue weighted by atomic mass is 9.88. The molecule has 4 aromatic rings. The summed E-state index contributed by atoms with van der Waals surface area (Å²) in [4.78, 5) is 15.6. The molecule has 0 aliphatic rings. The van der Waals surface area contributed by atoms with E-state index < -0.39 is 5.38 Å². The molecule has 0 aliphatic carbocycles. The summed E-state index contributed by atoms with van der Waals surface area (Å²) in [5, 5.41) is -0.735. The third-order valence-corrected chi connectivity index (χ3v) is 6.76. The molecule has 1 amide bonds. The summed E-state index contributed by atoms with van der Waals surface area (Å²) in [6.07, 6.45) is 0.787. The zero-order chi connectivity index (χ0) is 25.2. The van der Waals surface area contributed by atoms with Crippen LogP contribution in [0.15, 0.2) is 115 Å². The zero-order valence-electron chi connectivity index (χ0n) is 20.6. The van der Waals surface area contributed by atoms with Crippen LogP contribution in [0.3, 0.4) is 0 Å². The molecule has 0 heterocycles. The van der Waals surface area contributed by atoms with Crippen LogP contribution in [0.4, 0.5) is 0 Å². The Morgan fingerprint density at radius 1 is 0.750 bits per heavy atom. The summed E-state index contributed by atoms with van der Waals surface area (Å²) < 4.78 is 5.58. The van der Waals surface area contributed by atoms with Crippen LogP contribution in [0.25, 0.3) is 0 Å². The van der Waals surface area contributed by atoms with Crippen LogP contribution in [0, 0.1) is 0 Å². The Labute approximate surface area is 219 Å². The lowest BCUT2D eigenvalue weighted by molar-refractivity contribution is -0.131. The highest BCUT2D eigenvalue weighted by Crippen LogP contribution is 2.30. The highest BCUT2D eigenvalue weighted by Gasteiger charge is 2.25. The molecule has 0 aromatic heterocycles. The van der Waals surface area contributed by atoms with Crippen LogP contribution in [0.2, 0.25) is 0 Å². The number of hydrogen-bond acceptors (Lipinski definition) is 2. The summed E-state index contributed by atoms with van der Waals surface area (Å²) in [7, 11) is 0. The Morgan fingerprint density at radius 2 is 1.25 bits per heavy atom. The van der Waals surface area contributed by atoms with E-state index in [1.54, 1.807) is 0 Å². The fraction of sp³-hybridized carbons (Fsp3) is 0.219. The predicted octanol–water partition coefficient (Wildman–Crippen LogP) is 7.62. The molecule has 0 saturated heterocycles. The van der Waals surface area contributed by atoms with Crippen LogP contribution in [0.1, 0.15) is 46.9 Å². The van der Waals surface area contributed by atoms with E-state index in [4.69, 9.17) is 16.3 Å². The molecule has 4 rings (SSSR count). The minimum absolute atomic E-state index is 0.0865. The van der Waals surface area contributed by atoms with E-state index in [9.17, 15) is 4.79 Å². The number of hydrogen-bond donors (Lipinski definition) is 0. The number of carbonyl (C=O) groups excluding carboxylic acids is 1. The molecule has 0 bridgehead atoms. The first kappa shape index (κ1) is 25.5. The maximum atomic E-state index is 13.7. The van der Waals surface area contributed by atoms with Gasteiger partial charge in [-0.2, -0.15) is 0 Å². The lowest BCUT2D eigenvalue weighted by Crippen LogP contribution is -2.34. The van der Waals surface area contributed by atoms with E-state index in [0.29, 0.717) is 19.7 Å². The third kappa shape index (κ3) is 6.77. The van der Waals surface area contributed by atoms with Gasteiger partial charge in [-0.25, -0.2) is 0 Å². The third-order valence-electron chi connectivity index (χ3n) is 6.32. The van der Waals surface area contributed by atoms with Crippen LogP contribution in [-0.2, 0) is 11.3 Å². The molecule has 0 spiro atoms. The van der Waals surface area contributed by atoms with Crippen LogP contribution < -0.4 is 4.74 Å². The SMILES string of the molecule is CCOc1ccc(CN(CCC(c2ccccc2)c2ccccc2)C(=O)C(Cl)c2ccccc2)cc1. The minimum Gasteiger partial charge on any atom is -0.494 e. The molecule has 1 unspecified atom stereocenters. The van der Waals surface area contributed by atoms with Crippen molar-refractivity contribution in [2.75, 3.05) is 13.2 Å². The fourth-order valence-electron chi connectivity index (χ4n) is 4.45. The van der Waals surface area contributed by atoms with Gasteiger partial charge in [0, 0.05) is 19.0 Å². The van der Waals surface area contributed by atoms with Gasteiger partial charge in [0.15, 0.2) is 0 Å². The highest BCUT2D eigenvalue weighted by atomic mass is 35.5.